The molecular formula is C21H23N3O3. The summed E-state index contributed by atoms with van der Waals surface area (Å²) >= 11 is 0. The lowest BCUT2D eigenvalue weighted by atomic mass is 10.1. The van der Waals surface area contributed by atoms with Crippen molar-refractivity contribution in [2.45, 2.75) is 13.3 Å². The van der Waals surface area contributed by atoms with E-state index in [-0.39, 0.29) is 11.8 Å². The molecule has 2 aliphatic rings. The van der Waals surface area contributed by atoms with E-state index < -0.39 is 0 Å². The highest BCUT2D eigenvalue weighted by Crippen LogP contribution is 2.30. The molecule has 2 aromatic carbocycles. The van der Waals surface area contributed by atoms with Crippen molar-refractivity contribution in [3.8, 4) is 0 Å². The molecule has 0 spiro atoms. The summed E-state index contributed by atoms with van der Waals surface area (Å²) in [6.45, 7) is 5.26. The Hall–Kier alpha value is -2.86. The Morgan fingerprint density at radius 1 is 1.00 bits per heavy atom. The zero-order valence-electron chi connectivity index (χ0n) is 15.4. The predicted molar refractivity (Wildman–Crippen MR) is 106 cm³/mol. The van der Waals surface area contributed by atoms with Gasteiger partial charge in [0.25, 0.3) is 5.91 Å². The van der Waals surface area contributed by atoms with E-state index in [4.69, 9.17) is 4.74 Å². The number of carbonyl (C=O) groups is 2. The molecule has 140 valence electrons. The molecule has 0 atom stereocenters. The number of nitrogens with zero attached hydrogens (tertiary/aromatic N) is 2. The molecule has 0 aliphatic carbocycles. The van der Waals surface area contributed by atoms with E-state index in [1.807, 2.05) is 36.4 Å². The number of para-hydroxylation sites is 2. The third kappa shape index (κ3) is 3.53. The quantitative estimate of drug-likeness (QED) is 0.908. The third-order valence-corrected chi connectivity index (χ3v) is 5.12. The van der Waals surface area contributed by atoms with E-state index in [0.717, 1.165) is 42.1 Å². The number of rotatable bonds is 3. The van der Waals surface area contributed by atoms with Gasteiger partial charge in [0.05, 0.1) is 24.6 Å². The second-order valence-electron chi connectivity index (χ2n) is 6.83. The summed E-state index contributed by atoms with van der Waals surface area (Å²) in [6, 6.07) is 13.4. The summed E-state index contributed by atoms with van der Waals surface area (Å²) in [5.74, 6) is -0.106. The molecule has 2 aliphatic heterocycles. The number of benzene rings is 2. The number of hydrogen-bond donors (Lipinski definition) is 1. The van der Waals surface area contributed by atoms with Gasteiger partial charge in [-0.15, -0.1) is 0 Å². The third-order valence-electron chi connectivity index (χ3n) is 5.12. The predicted octanol–water partition coefficient (Wildman–Crippen LogP) is 2.68. The molecular weight excluding hydrogens is 342 g/mol. The van der Waals surface area contributed by atoms with Crippen molar-refractivity contribution < 1.29 is 14.3 Å². The number of nitrogens with one attached hydrogen (secondary N) is 1. The number of ether oxygens (including phenoxy) is 1. The number of hydrogen-bond acceptors (Lipinski definition) is 4. The van der Waals surface area contributed by atoms with E-state index >= 15 is 0 Å². The van der Waals surface area contributed by atoms with Crippen LogP contribution in [0.15, 0.2) is 42.5 Å². The van der Waals surface area contributed by atoms with Crippen LogP contribution in [0.2, 0.25) is 0 Å². The fourth-order valence-corrected chi connectivity index (χ4v) is 3.72. The molecule has 27 heavy (non-hydrogen) atoms. The first-order chi connectivity index (χ1) is 13.1. The maximum absolute atomic E-state index is 12.8. The second kappa shape index (κ2) is 7.40. The summed E-state index contributed by atoms with van der Waals surface area (Å²) in [4.78, 5) is 28.5. The van der Waals surface area contributed by atoms with Crippen LogP contribution < -0.4 is 15.1 Å². The molecule has 2 aromatic rings. The normalized spacial score (nSPS) is 16.2. The first kappa shape index (κ1) is 17.5. The van der Waals surface area contributed by atoms with E-state index in [0.29, 0.717) is 25.3 Å². The van der Waals surface area contributed by atoms with Gasteiger partial charge in [-0.1, -0.05) is 12.1 Å². The van der Waals surface area contributed by atoms with Crippen LogP contribution >= 0.6 is 0 Å². The molecule has 0 unspecified atom stereocenters. The number of fused-ring (bicyclic) bond motifs is 1. The van der Waals surface area contributed by atoms with Crippen molar-refractivity contribution in [2.75, 3.05) is 48.0 Å². The first-order valence-electron chi connectivity index (χ1n) is 9.27. The largest absolute Gasteiger partial charge is 0.378 e. The summed E-state index contributed by atoms with van der Waals surface area (Å²) < 4.78 is 5.42. The standard InChI is InChI=1S/C21H23N3O3/c1-15(25)24-9-8-16-14-17(6-7-19(16)24)21(26)22-18-4-2-3-5-20(18)23-10-12-27-13-11-23/h2-7,14H,8-13H2,1H3,(H,22,26). The van der Waals surface area contributed by atoms with Crippen molar-refractivity contribution in [1.82, 2.24) is 0 Å². The first-order valence-corrected chi connectivity index (χ1v) is 9.27. The van der Waals surface area contributed by atoms with Gasteiger partial charge in [-0.25, -0.2) is 0 Å². The number of carbonyl (C=O) groups excluding carboxylic acids is 2. The molecule has 2 heterocycles. The maximum Gasteiger partial charge on any atom is 0.255 e. The highest BCUT2D eigenvalue weighted by Gasteiger charge is 2.23. The number of amides is 2. The van der Waals surface area contributed by atoms with Crippen LogP contribution in [-0.2, 0) is 16.0 Å². The zero-order chi connectivity index (χ0) is 18.8. The van der Waals surface area contributed by atoms with E-state index in [1.165, 1.54) is 0 Å². The molecule has 1 saturated heterocycles. The SMILES string of the molecule is CC(=O)N1CCc2cc(C(=O)Nc3ccccc3N3CCOCC3)ccc21. The Bertz CT molecular complexity index is 875. The topological polar surface area (TPSA) is 61.9 Å². The molecule has 0 radical (unpaired) electrons. The molecule has 1 N–H and O–H groups in total. The van der Waals surface area contributed by atoms with Crippen molar-refractivity contribution in [3.63, 3.8) is 0 Å². The van der Waals surface area contributed by atoms with Crippen LogP contribution in [0.5, 0.6) is 0 Å². The summed E-state index contributed by atoms with van der Waals surface area (Å²) in [5.41, 5.74) is 4.37. The van der Waals surface area contributed by atoms with E-state index in [2.05, 4.69) is 10.2 Å². The van der Waals surface area contributed by atoms with Crippen molar-refractivity contribution >= 4 is 28.9 Å². The van der Waals surface area contributed by atoms with Gasteiger partial charge >= 0.3 is 0 Å². The van der Waals surface area contributed by atoms with Gasteiger partial charge in [-0.2, -0.15) is 0 Å². The smallest absolute Gasteiger partial charge is 0.255 e. The average Bonchev–Trinajstić information content (AvgIpc) is 3.12. The lowest BCUT2D eigenvalue weighted by molar-refractivity contribution is -0.116. The molecule has 1 fully saturated rings. The maximum atomic E-state index is 12.8. The molecule has 6 nitrogen and oxygen atoms in total. The number of anilines is 3. The molecule has 2 amide bonds. The Morgan fingerprint density at radius 2 is 1.78 bits per heavy atom. The highest BCUT2D eigenvalue weighted by molar-refractivity contribution is 6.06. The highest BCUT2D eigenvalue weighted by atomic mass is 16.5. The fraction of sp³-hybridized carbons (Fsp3) is 0.333. The van der Waals surface area contributed by atoms with Crippen molar-refractivity contribution in [2.24, 2.45) is 0 Å². The van der Waals surface area contributed by atoms with Gasteiger partial charge in [0, 0.05) is 37.8 Å². The monoisotopic (exact) mass is 365 g/mol. The lowest BCUT2D eigenvalue weighted by Gasteiger charge is -2.30. The van der Waals surface area contributed by atoms with Gasteiger partial charge in [0.15, 0.2) is 0 Å². The Kier molecular flexibility index (Phi) is 4.81. The summed E-state index contributed by atoms with van der Waals surface area (Å²) in [7, 11) is 0. The Labute approximate surface area is 158 Å². The van der Waals surface area contributed by atoms with Gasteiger partial charge in [-0.05, 0) is 42.3 Å². The van der Waals surface area contributed by atoms with Gasteiger partial charge < -0.3 is 19.9 Å². The van der Waals surface area contributed by atoms with Gasteiger partial charge in [0.2, 0.25) is 5.91 Å². The van der Waals surface area contributed by atoms with Crippen LogP contribution in [-0.4, -0.2) is 44.7 Å². The molecule has 0 aromatic heterocycles. The van der Waals surface area contributed by atoms with Crippen LogP contribution in [0, 0.1) is 0 Å². The minimum absolute atomic E-state index is 0.0328. The Balaban J connectivity index is 1.54. The fourth-order valence-electron chi connectivity index (χ4n) is 3.72. The zero-order valence-corrected chi connectivity index (χ0v) is 15.4. The van der Waals surface area contributed by atoms with E-state index in [1.54, 1.807) is 17.9 Å². The van der Waals surface area contributed by atoms with Crippen LogP contribution in [0.3, 0.4) is 0 Å². The van der Waals surface area contributed by atoms with Crippen molar-refractivity contribution in [1.29, 1.82) is 0 Å². The van der Waals surface area contributed by atoms with Crippen LogP contribution in [0.4, 0.5) is 17.1 Å². The van der Waals surface area contributed by atoms with Crippen molar-refractivity contribution in [3.05, 3.63) is 53.6 Å². The van der Waals surface area contributed by atoms with E-state index in [9.17, 15) is 9.59 Å². The summed E-state index contributed by atoms with van der Waals surface area (Å²) in [5, 5.41) is 3.05. The summed E-state index contributed by atoms with van der Waals surface area (Å²) in [6.07, 6.45) is 0.778. The minimum Gasteiger partial charge on any atom is -0.378 e. The minimum atomic E-state index is -0.139. The van der Waals surface area contributed by atoms with Gasteiger partial charge in [-0.3, -0.25) is 9.59 Å². The molecule has 4 rings (SSSR count). The molecule has 0 saturated carbocycles. The van der Waals surface area contributed by atoms with Crippen LogP contribution in [0.25, 0.3) is 0 Å². The number of morpholine rings is 1. The second-order valence-corrected chi connectivity index (χ2v) is 6.83. The molecule has 0 bridgehead atoms. The lowest BCUT2D eigenvalue weighted by Crippen LogP contribution is -2.36. The Morgan fingerprint density at radius 3 is 2.56 bits per heavy atom. The average molecular weight is 365 g/mol. The van der Waals surface area contributed by atoms with Gasteiger partial charge in [0.1, 0.15) is 0 Å². The molecule has 6 heteroatoms. The van der Waals surface area contributed by atoms with Crippen LogP contribution in [0.1, 0.15) is 22.8 Å².